The quantitative estimate of drug-likeness (QED) is 0.523. The first-order valence-corrected chi connectivity index (χ1v) is 7.25. The second-order valence-corrected chi connectivity index (χ2v) is 6.29. The van der Waals surface area contributed by atoms with E-state index >= 15 is 0 Å². The van der Waals surface area contributed by atoms with Gasteiger partial charge in [0.1, 0.15) is 0 Å². The van der Waals surface area contributed by atoms with Crippen LogP contribution in [0.4, 0.5) is 0 Å². The summed E-state index contributed by atoms with van der Waals surface area (Å²) in [5, 5.41) is 0. The Balaban J connectivity index is 2.35. The molecule has 0 N–H and O–H groups in total. The summed E-state index contributed by atoms with van der Waals surface area (Å²) < 4.78 is 22.6. The van der Waals surface area contributed by atoms with E-state index in [0.717, 1.165) is 18.4 Å². The highest BCUT2D eigenvalue weighted by Crippen LogP contribution is 2.23. The van der Waals surface area contributed by atoms with Crippen molar-refractivity contribution in [2.24, 2.45) is 0 Å². The molecule has 0 aromatic carbocycles. The van der Waals surface area contributed by atoms with Crippen LogP contribution in [0.5, 0.6) is 0 Å². The minimum Gasteiger partial charge on any atom is -0.228 e. The van der Waals surface area contributed by atoms with E-state index in [4.69, 9.17) is 0 Å². The summed E-state index contributed by atoms with van der Waals surface area (Å²) in [6.45, 7) is 4.14. The maximum atomic E-state index is 11.3. The van der Waals surface area contributed by atoms with Gasteiger partial charge in [-0.25, -0.2) is 8.42 Å². The zero-order chi connectivity index (χ0) is 10.6. The van der Waals surface area contributed by atoms with Gasteiger partial charge in [0.2, 0.25) is 0 Å². The third-order valence-electron chi connectivity index (χ3n) is 2.77. The summed E-state index contributed by atoms with van der Waals surface area (Å²) in [4.78, 5) is 0. The average Bonchev–Trinajstić information content (AvgIpc) is 2.34. The van der Waals surface area contributed by atoms with Crippen LogP contribution in [0.3, 0.4) is 0 Å². The molecule has 2 nitrogen and oxygen atoms in total. The van der Waals surface area contributed by atoms with Crippen molar-refractivity contribution in [3.8, 4) is 0 Å². The van der Waals surface area contributed by atoms with Crippen LogP contribution in [0.15, 0.2) is 11.1 Å². The van der Waals surface area contributed by atoms with Gasteiger partial charge in [-0.1, -0.05) is 37.3 Å². The molecule has 0 spiro atoms. The van der Waals surface area contributed by atoms with E-state index in [9.17, 15) is 8.42 Å². The van der Waals surface area contributed by atoms with Gasteiger partial charge in [0, 0.05) is 0 Å². The normalized spacial score (nSPS) is 20.4. The molecule has 0 aliphatic carbocycles. The predicted molar refractivity (Wildman–Crippen MR) is 60.1 cm³/mol. The molecule has 0 atom stereocenters. The van der Waals surface area contributed by atoms with Crippen LogP contribution in [0.2, 0.25) is 0 Å². The third kappa shape index (κ3) is 3.45. The zero-order valence-corrected chi connectivity index (χ0v) is 9.99. The number of sulfone groups is 1. The Labute approximate surface area is 87.3 Å². The number of rotatable bonds is 5. The molecule has 82 valence electrons. The van der Waals surface area contributed by atoms with Crippen molar-refractivity contribution in [3.05, 3.63) is 11.1 Å². The minimum absolute atomic E-state index is 0.302. The standard InChI is InChI=1S/C11H20O2S/c1-3-4-5-6-7-11-9-14(12,13)8-10(11)2/h3-9H2,1-2H3. The molecule has 0 radical (unpaired) electrons. The van der Waals surface area contributed by atoms with Crippen LogP contribution >= 0.6 is 0 Å². The Morgan fingerprint density at radius 1 is 1.14 bits per heavy atom. The average molecular weight is 216 g/mol. The molecule has 0 unspecified atom stereocenters. The number of hydrogen-bond donors (Lipinski definition) is 0. The lowest BCUT2D eigenvalue weighted by Gasteiger charge is -2.01. The molecule has 0 saturated heterocycles. The van der Waals surface area contributed by atoms with Crippen molar-refractivity contribution in [1.82, 2.24) is 0 Å². The Bertz CT molecular complexity index is 312. The molecule has 0 bridgehead atoms. The van der Waals surface area contributed by atoms with E-state index in [-0.39, 0.29) is 0 Å². The highest BCUT2D eigenvalue weighted by atomic mass is 32.2. The van der Waals surface area contributed by atoms with Gasteiger partial charge < -0.3 is 0 Å². The molecule has 0 aromatic heterocycles. The molecule has 0 amide bonds. The second-order valence-electron chi connectivity index (χ2n) is 4.23. The van der Waals surface area contributed by atoms with Gasteiger partial charge in [-0.3, -0.25) is 0 Å². The van der Waals surface area contributed by atoms with Crippen molar-refractivity contribution in [2.75, 3.05) is 11.5 Å². The van der Waals surface area contributed by atoms with E-state index < -0.39 is 9.84 Å². The topological polar surface area (TPSA) is 34.1 Å². The minimum atomic E-state index is -2.76. The predicted octanol–water partition coefficient (Wildman–Crippen LogP) is 2.70. The van der Waals surface area contributed by atoms with Gasteiger partial charge >= 0.3 is 0 Å². The molecule has 14 heavy (non-hydrogen) atoms. The Morgan fingerprint density at radius 2 is 1.86 bits per heavy atom. The van der Waals surface area contributed by atoms with Crippen molar-refractivity contribution in [3.63, 3.8) is 0 Å². The van der Waals surface area contributed by atoms with Gasteiger partial charge in [0.05, 0.1) is 11.5 Å². The van der Waals surface area contributed by atoms with Gasteiger partial charge in [0.25, 0.3) is 0 Å². The molecule has 0 saturated carbocycles. The van der Waals surface area contributed by atoms with Crippen molar-refractivity contribution >= 4 is 9.84 Å². The van der Waals surface area contributed by atoms with Crippen LogP contribution in [0, 0.1) is 0 Å². The maximum Gasteiger partial charge on any atom is 0.157 e. The first kappa shape index (κ1) is 11.8. The van der Waals surface area contributed by atoms with E-state index in [1.165, 1.54) is 24.8 Å². The summed E-state index contributed by atoms with van der Waals surface area (Å²) in [5.41, 5.74) is 2.28. The fourth-order valence-corrected chi connectivity index (χ4v) is 3.81. The first-order chi connectivity index (χ1) is 6.55. The molecular formula is C11H20O2S. The van der Waals surface area contributed by atoms with Gasteiger partial charge in [-0.05, 0) is 19.8 Å². The largest absolute Gasteiger partial charge is 0.228 e. The Hall–Kier alpha value is -0.310. The van der Waals surface area contributed by atoms with Gasteiger partial charge in [0.15, 0.2) is 9.84 Å². The summed E-state index contributed by atoms with van der Waals surface area (Å²) in [5.74, 6) is 0.626. The molecule has 3 heteroatoms. The van der Waals surface area contributed by atoms with Crippen LogP contribution in [-0.4, -0.2) is 19.9 Å². The van der Waals surface area contributed by atoms with E-state index in [2.05, 4.69) is 6.92 Å². The van der Waals surface area contributed by atoms with Gasteiger partial charge in [-0.2, -0.15) is 0 Å². The second kappa shape index (κ2) is 4.96. The highest BCUT2D eigenvalue weighted by molar-refractivity contribution is 7.92. The van der Waals surface area contributed by atoms with Crippen LogP contribution < -0.4 is 0 Å². The van der Waals surface area contributed by atoms with Crippen molar-refractivity contribution in [1.29, 1.82) is 0 Å². The Kier molecular flexibility index (Phi) is 4.17. The van der Waals surface area contributed by atoms with Crippen LogP contribution in [0.1, 0.15) is 46.0 Å². The summed E-state index contributed by atoms with van der Waals surface area (Å²) >= 11 is 0. The number of unbranched alkanes of at least 4 members (excludes halogenated alkanes) is 3. The zero-order valence-electron chi connectivity index (χ0n) is 9.17. The smallest absolute Gasteiger partial charge is 0.157 e. The molecule has 0 fully saturated rings. The Morgan fingerprint density at radius 3 is 2.36 bits per heavy atom. The molecular weight excluding hydrogens is 196 g/mol. The first-order valence-electron chi connectivity index (χ1n) is 5.43. The lowest BCUT2D eigenvalue weighted by atomic mass is 10.0. The lowest BCUT2D eigenvalue weighted by molar-refractivity contribution is 0.601. The summed E-state index contributed by atoms with van der Waals surface area (Å²) in [6.07, 6.45) is 5.86. The monoisotopic (exact) mass is 216 g/mol. The molecule has 1 rings (SSSR count). The fourth-order valence-electron chi connectivity index (χ4n) is 1.92. The molecule has 0 aromatic rings. The van der Waals surface area contributed by atoms with Crippen molar-refractivity contribution in [2.45, 2.75) is 46.0 Å². The highest BCUT2D eigenvalue weighted by Gasteiger charge is 2.23. The maximum absolute atomic E-state index is 11.3. The summed E-state index contributed by atoms with van der Waals surface area (Å²) in [7, 11) is -2.76. The van der Waals surface area contributed by atoms with E-state index in [1.807, 2.05) is 6.92 Å². The van der Waals surface area contributed by atoms with Crippen LogP contribution in [0.25, 0.3) is 0 Å². The lowest BCUT2D eigenvalue weighted by Crippen LogP contribution is -2.03. The SMILES string of the molecule is CCCCCCC1=C(C)CS(=O)(=O)C1. The fraction of sp³-hybridized carbons (Fsp3) is 0.818. The van der Waals surface area contributed by atoms with E-state index in [1.54, 1.807) is 0 Å². The van der Waals surface area contributed by atoms with Gasteiger partial charge in [-0.15, -0.1) is 0 Å². The third-order valence-corrected chi connectivity index (χ3v) is 4.43. The molecule has 1 aliphatic rings. The van der Waals surface area contributed by atoms with Crippen LogP contribution in [-0.2, 0) is 9.84 Å². The number of hydrogen-bond acceptors (Lipinski definition) is 2. The summed E-state index contributed by atoms with van der Waals surface area (Å²) in [6, 6.07) is 0. The molecule has 1 aliphatic heterocycles. The van der Waals surface area contributed by atoms with Crippen molar-refractivity contribution < 1.29 is 8.42 Å². The molecule has 1 heterocycles. The van der Waals surface area contributed by atoms with E-state index in [0.29, 0.717) is 11.5 Å².